The third kappa shape index (κ3) is 1.73. The topological polar surface area (TPSA) is 81.1 Å². The molecule has 0 spiro atoms. The summed E-state index contributed by atoms with van der Waals surface area (Å²) >= 11 is 0. The Hall–Kier alpha value is -2.49. The number of primary amides is 1. The molecule has 3 rings (SSSR count). The lowest BCUT2D eigenvalue weighted by Crippen LogP contribution is -2.46. The molecule has 0 saturated carbocycles. The normalized spacial score (nSPS) is 20.6. The molecule has 0 aliphatic carbocycles. The minimum Gasteiger partial charge on any atom is -0.399 e. The number of benzene rings is 2. The minimum absolute atomic E-state index is 0.394. The molecule has 1 atom stereocenters. The maximum atomic E-state index is 12.0. The highest BCUT2D eigenvalue weighted by atomic mass is 16.1. The van der Waals surface area contributed by atoms with Crippen LogP contribution in [0.5, 0.6) is 0 Å². The first-order valence-electron chi connectivity index (χ1n) is 6.14. The van der Waals surface area contributed by atoms with Gasteiger partial charge < -0.3 is 16.8 Å². The molecule has 4 nitrogen and oxygen atoms in total. The number of carbonyl (C=O) groups is 1. The molecule has 0 radical (unpaired) electrons. The van der Waals surface area contributed by atoms with Crippen LogP contribution in [0.4, 0.5) is 11.4 Å². The molecule has 0 saturated heterocycles. The first-order valence-corrected chi connectivity index (χ1v) is 6.14. The molecule has 4 heteroatoms. The molecule has 1 heterocycles. The van der Waals surface area contributed by atoms with Crippen LogP contribution >= 0.6 is 0 Å². The molecule has 5 N–H and O–H groups in total. The predicted molar refractivity (Wildman–Crippen MR) is 75.5 cm³/mol. The molecule has 96 valence electrons. The van der Waals surface area contributed by atoms with Crippen LogP contribution in [0.2, 0.25) is 0 Å². The zero-order chi connectivity index (χ0) is 13.5. The van der Waals surface area contributed by atoms with Crippen LogP contribution in [0.1, 0.15) is 11.1 Å². The monoisotopic (exact) mass is 253 g/mol. The summed E-state index contributed by atoms with van der Waals surface area (Å²) in [4.78, 5) is 12.0. The van der Waals surface area contributed by atoms with Crippen LogP contribution in [-0.4, -0.2) is 5.91 Å². The minimum atomic E-state index is -0.904. The van der Waals surface area contributed by atoms with Gasteiger partial charge in [0.1, 0.15) is 5.54 Å². The van der Waals surface area contributed by atoms with E-state index in [1.54, 1.807) is 12.1 Å². The number of nitrogens with one attached hydrogen (secondary N) is 1. The average Bonchev–Trinajstić information content (AvgIpc) is 2.79. The predicted octanol–water partition coefficient (Wildman–Crippen LogP) is 1.62. The zero-order valence-corrected chi connectivity index (χ0v) is 10.4. The van der Waals surface area contributed by atoms with Gasteiger partial charge in [0, 0.05) is 17.8 Å². The summed E-state index contributed by atoms with van der Waals surface area (Å²) < 4.78 is 0. The Balaban J connectivity index is 2.12. The molecule has 1 amide bonds. The lowest BCUT2D eigenvalue weighted by atomic mass is 9.86. The summed E-state index contributed by atoms with van der Waals surface area (Å²) in [6.07, 6.45) is 0.544. The van der Waals surface area contributed by atoms with E-state index in [2.05, 4.69) is 5.32 Å². The number of nitrogen functional groups attached to an aromatic ring is 1. The van der Waals surface area contributed by atoms with Gasteiger partial charge in [-0.25, -0.2) is 0 Å². The lowest BCUT2D eigenvalue weighted by Gasteiger charge is -2.27. The smallest absolute Gasteiger partial charge is 0.248 e. The number of rotatable bonds is 2. The summed E-state index contributed by atoms with van der Waals surface area (Å²) in [5.41, 5.74) is 14.0. The van der Waals surface area contributed by atoms with Crippen LogP contribution in [0.25, 0.3) is 0 Å². The van der Waals surface area contributed by atoms with Crippen molar-refractivity contribution in [2.24, 2.45) is 5.73 Å². The van der Waals surface area contributed by atoms with Crippen molar-refractivity contribution in [3.8, 4) is 0 Å². The highest BCUT2D eigenvalue weighted by Crippen LogP contribution is 2.39. The van der Waals surface area contributed by atoms with Crippen molar-refractivity contribution in [1.82, 2.24) is 0 Å². The van der Waals surface area contributed by atoms with Gasteiger partial charge in [-0.2, -0.15) is 0 Å². The molecular formula is C15H15N3O. The number of anilines is 2. The first kappa shape index (κ1) is 11.6. The first-order chi connectivity index (χ1) is 9.12. The molecule has 1 aliphatic rings. The van der Waals surface area contributed by atoms with E-state index >= 15 is 0 Å². The second-order valence-corrected chi connectivity index (χ2v) is 4.85. The van der Waals surface area contributed by atoms with Crippen LogP contribution < -0.4 is 16.8 Å². The Kier molecular flexibility index (Phi) is 2.45. The largest absolute Gasteiger partial charge is 0.399 e. The van der Waals surface area contributed by atoms with E-state index in [0.717, 1.165) is 16.8 Å². The van der Waals surface area contributed by atoms with E-state index in [9.17, 15) is 4.79 Å². The van der Waals surface area contributed by atoms with E-state index in [1.807, 2.05) is 36.4 Å². The Morgan fingerprint density at radius 2 is 1.95 bits per heavy atom. The molecule has 19 heavy (non-hydrogen) atoms. The van der Waals surface area contributed by atoms with Crippen LogP contribution in [0, 0.1) is 0 Å². The zero-order valence-electron chi connectivity index (χ0n) is 10.4. The summed E-state index contributed by atoms with van der Waals surface area (Å²) in [5, 5.41) is 3.26. The van der Waals surface area contributed by atoms with Crippen molar-refractivity contribution in [3.05, 3.63) is 59.7 Å². The molecular weight excluding hydrogens is 238 g/mol. The molecule has 2 aromatic carbocycles. The average molecular weight is 253 g/mol. The number of fused-ring (bicyclic) bond motifs is 1. The van der Waals surface area contributed by atoms with Gasteiger partial charge in [0.05, 0.1) is 0 Å². The van der Waals surface area contributed by atoms with Crippen LogP contribution in [0.3, 0.4) is 0 Å². The van der Waals surface area contributed by atoms with Crippen molar-refractivity contribution >= 4 is 17.3 Å². The number of amides is 1. The van der Waals surface area contributed by atoms with Gasteiger partial charge in [0.25, 0.3) is 0 Å². The molecule has 2 aromatic rings. The fraction of sp³-hybridized carbons (Fsp3) is 0.133. The number of para-hydroxylation sites is 1. The fourth-order valence-corrected chi connectivity index (χ4v) is 2.63. The standard InChI is InChI=1S/C15H15N3O/c16-12-6-3-5-11(8-12)15(14(17)19)9-10-4-1-2-7-13(10)18-15/h1-8,18H,9,16H2,(H2,17,19). The van der Waals surface area contributed by atoms with Crippen LogP contribution in [-0.2, 0) is 16.8 Å². The van der Waals surface area contributed by atoms with Gasteiger partial charge in [0.15, 0.2) is 0 Å². The van der Waals surface area contributed by atoms with Gasteiger partial charge in [-0.3, -0.25) is 4.79 Å². The number of hydrogen-bond acceptors (Lipinski definition) is 3. The Morgan fingerprint density at radius 1 is 1.16 bits per heavy atom. The second-order valence-electron chi connectivity index (χ2n) is 4.85. The number of nitrogens with two attached hydrogens (primary N) is 2. The van der Waals surface area contributed by atoms with Gasteiger partial charge in [-0.1, -0.05) is 30.3 Å². The molecule has 0 bridgehead atoms. The third-order valence-electron chi connectivity index (χ3n) is 3.62. The van der Waals surface area contributed by atoms with Gasteiger partial charge in [-0.15, -0.1) is 0 Å². The van der Waals surface area contributed by atoms with E-state index in [-0.39, 0.29) is 0 Å². The van der Waals surface area contributed by atoms with E-state index in [4.69, 9.17) is 11.5 Å². The molecule has 1 unspecified atom stereocenters. The quantitative estimate of drug-likeness (QED) is 0.711. The molecule has 0 aromatic heterocycles. The molecule has 1 aliphatic heterocycles. The summed E-state index contributed by atoms with van der Waals surface area (Å²) in [6, 6.07) is 15.1. The van der Waals surface area contributed by atoms with Crippen molar-refractivity contribution in [2.75, 3.05) is 11.1 Å². The van der Waals surface area contributed by atoms with Crippen molar-refractivity contribution in [1.29, 1.82) is 0 Å². The Bertz CT molecular complexity index is 626. The maximum absolute atomic E-state index is 12.0. The van der Waals surface area contributed by atoms with Crippen molar-refractivity contribution in [3.63, 3.8) is 0 Å². The van der Waals surface area contributed by atoms with Crippen molar-refractivity contribution < 1.29 is 4.79 Å². The van der Waals surface area contributed by atoms with Crippen LogP contribution in [0.15, 0.2) is 48.5 Å². The number of hydrogen-bond donors (Lipinski definition) is 3. The second kappa shape index (κ2) is 4.02. The van der Waals surface area contributed by atoms with E-state index in [1.165, 1.54) is 0 Å². The summed E-state index contributed by atoms with van der Waals surface area (Å²) in [7, 11) is 0. The summed E-state index contributed by atoms with van der Waals surface area (Å²) in [5.74, 6) is -0.394. The highest BCUT2D eigenvalue weighted by molar-refractivity contribution is 5.92. The number of carbonyl (C=O) groups excluding carboxylic acids is 1. The highest BCUT2D eigenvalue weighted by Gasteiger charge is 2.43. The van der Waals surface area contributed by atoms with E-state index < -0.39 is 11.4 Å². The fourth-order valence-electron chi connectivity index (χ4n) is 2.63. The SMILES string of the molecule is NC(=O)C1(c2cccc(N)c2)Cc2ccccc2N1. The third-order valence-corrected chi connectivity index (χ3v) is 3.62. The lowest BCUT2D eigenvalue weighted by molar-refractivity contribution is -0.122. The Labute approximate surface area is 111 Å². The van der Waals surface area contributed by atoms with Gasteiger partial charge in [-0.05, 0) is 29.3 Å². The van der Waals surface area contributed by atoms with Gasteiger partial charge in [0.2, 0.25) is 5.91 Å². The Morgan fingerprint density at radius 3 is 2.63 bits per heavy atom. The summed E-state index contributed by atoms with van der Waals surface area (Å²) in [6.45, 7) is 0. The van der Waals surface area contributed by atoms with Gasteiger partial charge >= 0.3 is 0 Å². The molecule has 0 fully saturated rings. The maximum Gasteiger partial charge on any atom is 0.248 e. The van der Waals surface area contributed by atoms with E-state index in [0.29, 0.717) is 12.1 Å². The van der Waals surface area contributed by atoms with Crippen molar-refractivity contribution in [2.45, 2.75) is 12.0 Å².